The van der Waals surface area contributed by atoms with Crippen LogP contribution in [0.1, 0.15) is 18.4 Å². The first-order chi connectivity index (χ1) is 9.11. The van der Waals surface area contributed by atoms with E-state index in [4.69, 9.17) is 28.3 Å². The molecule has 0 heterocycles. The summed E-state index contributed by atoms with van der Waals surface area (Å²) in [5.74, 6) is -0.0948. The van der Waals surface area contributed by atoms with Crippen molar-refractivity contribution in [2.45, 2.75) is 18.9 Å². The van der Waals surface area contributed by atoms with Crippen molar-refractivity contribution >= 4 is 35.2 Å². The second kappa shape index (κ2) is 6.42. The first kappa shape index (κ1) is 14.4. The van der Waals surface area contributed by atoms with Crippen LogP contribution in [0.15, 0.2) is 24.3 Å². The fourth-order valence-electron chi connectivity index (χ4n) is 1.86. The lowest BCUT2D eigenvalue weighted by atomic mass is 10.2. The molecule has 1 aromatic rings. The van der Waals surface area contributed by atoms with Gasteiger partial charge in [-0.3, -0.25) is 4.79 Å². The van der Waals surface area contributed by atoms with Gasteiger partial charge in [-0.05, 0) is 36.6 Å². The molecule has 0 saturated heterocycles. The van der Waals surface area contributed by atoms with Crippen molar-refractivity contribution in [3.63, 3.8) is 0 Å². The molecule has 3 nitrogen and oxygen atoms in total. The highest BCUT2D eigenvalue weighted by atomic mass is 35.5. The van der Waals surface area contributed by atoms with E-state index in [2.05, 4.69) is 0 Å². The number of amides is 1. The van der Waals surface area contributed by atoms with Crippen LogP contribution in [0.4, 0.5) is 0 Å². The number of carbonyl (C=O) groups is 1. The highest BCUT2D eigenvalue weighted by Crippen LogP contribution is 2.27. The van der Waals surface area contributed by atoms with E-state index in [1.165, 1.54) is 6.08 Å². The van der Waals surface area contributed by atoms with E-state index in [9.17, 15) is 4.79 Å². The van der Waals surface area contributed by atoms with Gasteiger partial charge in [0.25, 0.3) is 0 Å². The normalized spacial score (nSPS) is 14.9. The van der Waals surface area contributed by atoms with Crippen LogP contribution in [0.25, 0.3) is 6.08 Å². The first-order valence-corrected chi connectivity index (χ1v) is 6.92. The third kappa shape index (κ3) is 3.96. The predicted molar refractivity (Wildman–Crippen MR) is 77.3 cm³/mol. The molecule has 2 rings (SSSR count). The lowest BCUT2D eigenvalue weighted by molar-refractivity contribution is -0.127. The van der Waals surface area contributed by atoms with Crippen LogP contribution in [0.2, 0.25) is 10.0 Å². The van der Waals surface area contributed by atoms with Crippen molar-refractivity contribution in [2.75, 3.05) is 13.2 Å². The molecule has 102 valence electrons. The molecule has 5 heteroatoms. The molecule has 1 aliphatic carbocycles. The lowest BCUT2D eigenvalue weighted by Gasteiger charge is -2.19. The van der Waals surface area contributed by atoms with Crippen LogP contribution in [0.5, 0.6) is 0 Å². The maximum absolute atomic E-state index is 12.0. The van der Waals surface area contributed by atoms with E-state index in [-0.39, 0.29) is 18.6 Å². The van der Waals surface area contributed by atoms with E-state index in [0.717, 1.165) is 18.4 Å². The maximum atomic E-state index is 12.0. The van der Waals surface area contributed by atoms with Crippen molar-refractivity contribution in [3.05, 3.63) is 39.9 Å². The molecule has 1 fully saturated rings. The van der Waals surface area contributed by atoms with E-state index >= 15 is 0 Å². The Hall–Kier alpha value is -1.03. The van der Waals surface area contributed by atoms with Crippen molar-refractivity contribution in [1.29, 1.82) is 0 Å². The monoisotopic (exact) mass is 299 g/mol. The van der Waals surface area contributed by atoms with Crippen LogP contribution in [-0.2, 0) is 4.79 Å². The molecule has 19 heavy (non-hydrogen) atoms. The van der Waals surface area contributed by atoms with Gasteiger partial charge in [0.15, 0.2) is 0 Å². The Morgan fingerprint density at radius 2 is 2.16 bits per heavy atom. The maximum Gasteiger partial charge on any atom is 0.246 e. The smallest absolute Gasteiger partial charge is 0.246 e. The van der Waals surface area contributed by atoms with Gasteiger partial charge in [-0.2, -0.15) is 0 Å². The molecular formula is C14H15Cl2NO2. The average Bonchev–Trinajstić information content (AvgIpc) is 3.18. The fraction of sp³-hybridized carbons (Fsp3) is 0.357. The quantitative estimate of drug-likeness (QED) is 0.849. The Morgan fingerprint density at radius 3 is 2.74 bits per heavy atom. The number of aliphatic hydroxyl groups is 1. The van der Waals surface area contributed by atoms with Gasteiger partial charge in [0, 0.05) is 28.7 Å². The zero-order valence-electron chi connectivity index (χ0n) is 10.4. The second-order valence-electron chi connectivity index (χ2n) is 4.49. The molecule has 1 amide bonds. The Morgan fingerprint density at radius 1 is 1.42 bits per heavy atom. The summed E-state index contributed by atoms with van der Waals surface area (Å²) in [6.07, 6.45) is 5.19. The zero-order valence-corrected chi connectivity index (χ0v) is 11.9. The minimum Gasteiger partial charge on any atom is -0.395 e. The number of hydrogen-bond acceptors (Lipinski definition) is 2. The van der Waals surface area contributed by atoms with Crippen molar-refractivity contribution in [3.8, 4) is 0 Å². The summed E-state index contributed by atoms with van der Waals surface area (Å²) in [5.41, 5.74) is 0.749. The van der Waals surface area contributed by atoms with Gasteiger partial charge >= 0.3 is 0 Å². The summed E-state index contributed by atoms with van der Waals surface area (Å²) < 4.78 is 0. The molecule has 1 saturated carbocycles. The van der Waals surface area contributed by atoms with Gasteiger partial charge < -0.3 is 10.0 Å². The van der Waals surface area contributed by atoms with Gasteiger partial charge in [-0.1, -0.05) is 29.3 Å². The SMILES string of the molecule is O=C(/C=C/c1ccc(Cl)cc1Cl)N(CCO)C1CC1. The second-order valence-corrected chi connectivity index (χ2v) is 5.33. The number of benzene rings is 1. The van der Waals surface area contributed by atoms with Gasteiger partial charge in [-0.15, -0.1) is 0 Å². The molecule has 0 atom stereocenters. The van der Waals surface area contributed by atoms with Crippen LogP contribution in [0.3, 0.4) is 0 Å². The number of halogens is 2. The minimum absolute atomic E-state index is 0.0161. The third-order valence-corrected chi connectivity index (χ3v) is 3.54. The predicted octanol–water partition coefficient (Wildman–Crippen LogP) is 2.99. The van der Waals surface area contributed by atoms with Gasteiger partial charge in [0.2, 0.25) is 5.91 Å². The summed E-state index contributed by atoms with van der Waals surface area (Å²) >= 11 is 11.8. The van der Waals surface area contributed by atoms with E-state index in [1.807, 2.05) is 0 Å². The van der Waals surface area contributed by atoms with Crippen molar-refractivity contribution in [1.82, 2.24) is 4.90 Å². The molecule has 1 aliphatic rings. The summed E-state index contributed by atoms with van der Waals surface area (Å²) in [4.78, 5) is 13.7. The highest BCUT2D eigenvalue weighted by Gasteiger charge is 2.30. The number of hydrogen-bond donors (Lipinski definition) is 1. The average molecular weight is 300 g/mol. The molecule has 0 unspecified atom stereocenters. The molecule has 0 aromatic heterocycles. The molecule has 0 spiro atoms. The Labute approximate surface area is 122 Å². The van der Waals surface area contributed by atoms with Crippen molar-refractivity contribution in [2.24, 2.45) is 0 Å². The largest absolute Gasteiger partial charge is 0.395 e. The summed E-state index contributed by atoms with van der Waals surface area (Å²) in [5, 5.41) is 10.0. The Bertz CT molecular complexity index is 498. The summed E-state index contributed by atoms with van der Waals surface area (Å²) in [6, 6.07) is 5.41. The van der Waals surface area contributed by atoms with E-state index in [0.29, 0.717) is 16.6 Å². The molecule has 0 aliphatic heterocycles. The Balaban J connectivity index is 2.06. The van der Waals surface area contributed by atoms with Crippen LogP contribution >= 0.6 is 23.2 Å². The molecule has 0 radical (unpaired) electrons. The van der Waals surface area contributed by atoms with Gasteiger partial charge in [-0.25, -0.2) is 0 Å². The number of carbonyl (C=O) groups excluding carboxylic acids is 1. The summed E-state index contributed by atoms with van der Waals surface area (Å²) in [7, 11) is 0. The molecule has 1 aromatic carbocycles. The standard InChI is InChI=1S/C14H15Cl2NO2/c15-11-3-1-10(13(16)9-11)2-6-14(19)17(7-8-18)12-4-5-12/h1-3,6,9,12,18H,4-5,7-8H2/b6-2+. The molecule has 0 bridgehead atoms. The van der Waals surface area contributed by atoms with Crippen LogP contribution in [-0.4, -0.2) is 35.1 Å². The highest BCUT2D eigenvalue weighted by molar-refractivity contribution is 6.35. The summed E-state index contributed by atoms with van der Waals surface area (Å²) in [6.45, 7) is 0.361. The van der Waals surface area contributed by atoms with Crippen LogP contribution in [0, 0.1) is 0 Å². The zero-order chi connectivity index (χ0) is 13.8. The Kier molecular flexibility index (Phi) is 4.86. The van der Waals surface area contributed by atoms with E-state index in [1.54, 1.807) is 29.2 Å². The number of rotatable bonds is 5. The molecule has 1 N–H and O–H groups in total. The third-order valence-electron chi connectivity index (χ3n) is 2.98. The number of nitrogens with zero attached hydrogens (tertiary/aromatic N) is 1. The molecular weight excluding hydrogens is 285 g/mol. The fourth-order valence-corrected chi connectivity index (χ4v) is 2.33. The lowest BCUT2D eigenvalue weighted by Crippen LogP contribution is -2.34. The number of aliphatic hydroxyl groups excluding tert-OH is 1. The first-order valence-electron chi connectivity index (χ1n) is 6.16. The van der Waals surface area contributed by atoms with Crippen molar-refractivity contribution < 1.29 is 9.90 Å². The van der Waals surface area contributed by atoms with E-state index < -0.39 is 0 Å². The topological polar surface area (TPSA) is 40.5 Å². The minimum atomic E-state index is -0.0948. The van der Waals surface area contributed by atoms with Gasteiger partial charge in [0.1, 0.15) is 0 Å². The van der Waals surface area contributed by atoms with Crippen LogP contribution < -0.4 is 0 Å². The van der Waals surface area contributed by atoms with Gasteiger partial charge in [0.05, 0.1) is 6.61 Å².